The number of benzene rings is 1. The number of aryl methyl sites for hydroxylation is 3. The van der Waals surface area contributed by atoms with Crippen LogP contribution >= 0.6 is 0 Å². The molecule has 0 radical (unpaired) electrons. The fourth-order valence-corrected chi connectivity index (χ4v) is 2.21. The van der Waals surface area contributed by atoms with Crippen LogP contribution in [-0.2, 0) is 0 Å². The lowest BCUT2D eigenvalue weighted by molar-refractivity contribution is 0.476. The third kappa shape index (κ3) is 2.74. The highest BCUT2D eigenvalue weighted by molar-refractivity contribution is 5.83. The molecule has 0 spiro atoms. The maximum absolute atomic E-state index is 9.53. The van der Waals surface area contributed by atoms with Crippen LogP contribution in [0.2, 0.25) is 0 Å². The van der Waals surface area contributed by atoms with Gasteiger partial charge < -0.3 is 5.11 Å². The van der Waals surface area contributed by atoms with Gasteiger partial charge in [-0.25, -0.2) is 19.9 Å². The van der Waals surface area contributed by atoms with E-state index in [1.54, 1.807) is 18.2 Å². The second-order valence-electron chi connectivity index (χ2n) is 4.93. The summed E-state index contributed by atoms with van der Waals surface area (Å²) in [6, 6.07) is 6.92. The number of nitrogens with one attached hydrogen (secondary N) is 1. The maximum atomic E-state index is 9.53. The van der Waals surface area contributed by atoms with Crippen LogP contribution in [0.3, 0.4) is 0 Å². The van der Waals surface area contributed by atoms with Crippen molar-refractivity contribution < 1.29 is 5.11 Å². The SMILES string of the molecule is Cc1cc(C)nc(Nc2nc(C)c3cc(O)ccc3n2)n1. The summed E-state index contributed by atoms with van der Waals surface area (Å²) in [4.78, 5) is 17.4. The average Bonchev–Trinajstić information content (AvgIpc) is 2.38. The molecule has 106 valence electrons. The molecule has 0 bridgehead atoms. The van der Waals surface area contributed by atoms with E-state index in [2.05, 4.69) is 25.3 Å². The molecular weight excluding hydrogens is 266 g/mol. The average molecular weight is 281 g/mol. The van der Waals surface area contributed by atoms with Crippen LogP contribution < -0.4 is 5.32 Å². The Kier molecular flexibility index (Phi) is 3.13. The van der Waals surface area contributed by atoms with Gasteiger partial charge in [-0.2, -0.15) is 0 Å². The molecule has 0 saturated carbocycles. The highest BCUT2D eigenvalue weighted by Gasteiger charge is 2.07. The number of phenols is 1. The molecule has 0 atom stereocenters. The number of aromatic hydroxyl groups is 1. The van der Waals surface area contributed by atoms with Crippen LogP contribution in [0.4, 0.5) is 11.9 Å². The topological polar surface area (TPSA) is 83.8 Å². The second kappa shape index (κ2) is 4.97. The Labute approximate surface area is 121 Å². The molecular formula is C15H15N5O. The van der Waals surface area contributed by atoms with Crippen molar-refractivity contribution in [2.24, 2.45) is 0 Å². The Morgan fingerprint density at radius 2 is 1.52 bits per heavy atom. The molecule has 3 aromatic rings. The van der Waals surface area contributed by atoms with Crippen LogP contribution in [0.1, 0.15) is 17.1 Å². The Morgan fingerprint density at radius 3 is 2.24 bits per heavy atom. The molecule has 0 saturated heterocycles. The van der Waals surface area contributed by atoms with Gasteiger partial charge in [-0.3, -0.25) is 5.32 Å². The van der Waals surface area contributed by atoms with Gasteiger partial charge in [0.1, 0.15) is 5.75 Å². The summed E-state index contributed by atoms with van der Waals surface area (Å²) in [7, 11) is 0. The van der Waals surface area contributed by atoms with E-state index in [9.17, 15) is 5.11 Å². The summed E-state index contributed by atoms with van der Waals surface area (Å²) in [5.41, 5.74) is 3.30. The lowest BCUT2D eigenvalue weighted by Crippen LogP contribution is -2.04. The molecule has 2 N–H and O–H groups in total. The lowest BCUT2D eigenvalue weighted by atomic mass is 10.2. The Balaban J connectivity index is 2.03. The Morgan fingerprint density at radius 1 is 0.857 bits per heavy atom. The first-order valence-electron chi connectivity index (χ1n) is 6.58. The van der Waals surface area contributed by atoms with E-state index >= 15 is 0 Å². The van der Waals surface area contributed by atoms with Gasteiger partial charge in [0, 0.05) is 16.8 Å². The summed E-state index contributed by atoms with van der Waals surface area (Å²) in [6.07, 6.45) is 0. The first-order chi connectivity index (χ1) is 10.0. The van der Waals surface area contributed by atoms with Crippen molar-refractivity contribution in [2.75, 3.05) is 5.32 Å². The number of anilines is 2. The van der Waals surface area contributed by atoms with Crippen molar-refractivity contribution in [1.82, 2.24) is 19.9 Å². The van der Waals surface area contributed by atoms with Crippen LogP contribution in [0, 0.1) is 20.8 Å². The zero-order chi connectivity index (χ0) is 15.0. The highest BCUT2D eigenvalue weighted by atomic mass is 16.3. The molecule has 21 heavy (non-hydrogen) atoms. The molecule has 0 amide bonds. The van der Waals surface area contributed by atoms with Crippen LogP contribution in [0.15, 0.2) is 24.3 Å². The van der Waals surface area contributed by atoms with Gasteiger partial charge in [0.2, 0.25) is 11.9 Å². The van der Waals surface area contributed by atoms with Crippen LogP contribution in [0.5, 0.6) is 5.75 Å². The molecule has 0 aliphatic heterocycles. The molecule has 3 rings (SSSR count). The number of phenolic OH excluding ortho intramolecular Hbond substituents is 1. The zero-order valence-electron chi connectivity index (χ0n) is 12.0. The van der Waals surface area contributed by atoms with E-state index in [0.29, 0.717) is 11.9 Å². The smallest absolute Gasteiger partial charge is 0.230 e. The van der Waals surface area contributed by atoms with Gasteiger partial charge in [-0.05, 0) is 45.0 Å². The van der Waals surface area contributed by atoms with Gasteiger partial charge in [0.25, 0.3) is 0 Å². The molecule has 2 aromatic heterocycles. The molecule has 0 aliphatic carbocycles. The normalized spacial score (nSPS) is 10.8. The monoisotopic (exact) mass is 281 g/mol. The molecule has 2 heterocycles. The molecule has 6 heteroatoms. The Hall–Kier alpha value is -2.76. The fourth-order valence-electron chi connectivity index (χ4n) is 2.21. The minimum absolute atomic E-state index is 0.201. The number of aromatic nitrogens is 4. The summed E-state index contributed by atoms with van der Waals surface area (Å²) in [5, 5.41) is 13.4. The summed E-state index contributed by atoms with van der Waals surface area (Å²) < 4.78 is 0. The predicted octanol–water partition coefficient (Wildman–Crippen LogP) is 2.79. The number of rotatable bonds is 2. The molecule has 0 unspecified atom stereocenters. The minimum Gasteiger partial charge on any atom is -0.508 e. The van der Waals surface area contributed by atoms with Crippen molar-refractivity contribution in [3.8, 4) is 5.75 Å². The van der Waals surface area contributed by atoms with Crippen molar-refractivity contribution in [1.29, 1.82) is 0 Å². The van der Waals surface area contributed by atoms with Gasteiger partial charge in [-0.15, -0.1) is 0 Å². The van der Waals surface area contributed by atoms with Crippen LogP contribution in [0.25, 0.3) is 10.9 Å². The largest absolute Gasteiger partial charge is 0.508 e. The van der Waals surface area contributed by atoms with Gasteiger partial charge in [-0.1, -0.05) is 0 Å². The van der Waals surface area contributed by atoms with E-state index in [1.807, 2.05) is 26.8 Å². The standard InChI is InChI=1S/C15H15N5O/c1-8-6-9(2)17-14(16-8)20-15-18-10(3)12-7-11(21)4-5-13(12)19-15/h4-7,21H,1-3H3,(H,16,17,18,19,20). The zero-order valence-corrected chi connectivity index (χ0v) is 12.0. The van der Waals surface area contributed by atoms with Crippen molar-refractivity contribution in [2.45, 2.75) is 20.8 Å². The van der Waals surface area contributed by atoms with E-state index in [1.165, 1.54) is 0 Å². The molecule has 6 nitrogen and oxygen atoms in total. The molecule has 1 aromatic carbocycles. The minimum atomic E-state index is 0.201. The van der Waals surface area contributed by atoms with Gasteiger partial charge in [0.15, 0.2) is 0 Å². The first-order valence-corrected chi connectivity index (χ1v) is 6.58. The van der Waals surface area contributed by atoms with Crippen molar-refractivity contribution >= 4 is 22.8 Å². The lowest BCUT2D eigenvalue weighted by Gasteiger charge is -2.08. The number of fused-ring (bicyclic) bond motifs is 1. The third-order valence-electron chi connectivity index (χ3n) is 3.08. The van der Waals surface area contributed by atoms with E-state index in [-0.39, 0.29) is 5.75 Å². The summed E-state index contributed by atoms with van der Waals surface area (Å²) in [6.45, 7) is 5.70. The van der Waals surface area contributed by atoms with E-state index < -0.39 is 0 Å². The van der Waals surface area contributed by atoms with Crippen molar-refractivity contribution in [3.05, 3.63) is 41.3 Å². The fraction of sp³-hybridized carbons (Fsp3) is 0.200. The highest BCUT2D eigenvalue weighted by Crippen LogP contribution is 2.22. The quantitative estimate of drug-likeness (QED) is 0.751. The second-order valence-corrected chi connectivity index (χ2v) is 4.93. The number of hydrogen-bond acceptors (Lipinski definition) is 6. The molecule has 0 fully saturated rings. The van der Waals surface area contributed by atoms with E-state index in [4.69, 9.17) is 0 Å². The predicted molar refractivity (Wildman–Crippen MR) is 80.7 cm³/mol. The third-order valence-corrected chi connectivity index (χ3v) is 3.08. The van der Waals surface area contributed by atoms with Gasteiger partial charge in [0.05, 0.1) is 11.2 Å². The first kappa shape index (κ1) is 13.2. The number of nitrogens with zero attached hydrogens (tertiary/aromatic N) is 4. The number of hydrogen-bond donors (Lipinski definition) is 2. The summed E-state index contributed by atoms with van der Waals surface area (Å²) in [5.74, 6) is 1.12. The maximum Gasteiger partial charge on any atom is 0.230 e. The van der Waals surface area contributed by atoms with Gasteiger partial charge >= 0.3 is 0 Å². The van der Waals surface area contributed by atoms with Crippen molar-refractivity contribution in [3.63, 3.8) is 0 Å². The Bertz CT molecular complexity index is 811. The summed E-state index contributed by atoms with van der Waals surface area (Å²) >= 11 is 0. The molecule has 0 aliphatic rings. The van der Waals surface area contributed by atoms with E-state index in [0.717, 1.165) is 28.0 Å². The van der Waals surface area contributed by atoms with Crippen LogP contribution in [-0.4, -0.2) is 25.0 Å².